The predicted molar refractivity (Wildman–Crippen MR) is 69.8 cm³/mol. The lowest BCUT2D eigenvalue weighted by molar-refractivity contribution is 0.102. The van der Waals surface area contributed by atoms with E-state index in [0.29, 0.717) is 23.4 Å². The number of amides is 1. The van der Waals surface area contributed by atoms with E-state index in [2.05, 4.69) is 10.5 Å². The Labute approximate surface area is 106 Å². The zero-order valence-electron chi connectivity index (χ0n) is 10.8. The Morgan fingerprint density at radius 1 is 1.33 bits per heavy atom. The van der Waals surface area contributed by atoms with Crippen LogP contribution in [0.15, 0.2) is 28.8 Å². The third-order valence-corrected chi connectivity index (χ3v) is 2.87. The molecular formula is C14H16N2O2. The number of carbonyl (C=O) groups is 1. The van der Waals surface area contributed by atoms with Crippen molar-refractivity contribution < 1.29 is 9.32 Å². The number of hydrogen-bond donors (Lipinski definition) is 1. The fraction of sp³-hybridized carbons (Fsp3) is 0.286. The fourth-order valence-electron chi connectivity index (χ4n) is 1.85. The average molecular weight is 244 g/mol. The Bertz CT molecular complexity index is 573. The van der Waals surface area contributed by atoms with E-state index in [1.807, 2.05) is 38.1 Å². The standard InChI is InChI=1S/C14H16N2O2/c1-4-12-13(10(3)16-18-12)14(17)15-11-8-6-5-7-9(11)2/h5-8H,4H2,1-3H3,(H,15,17). The van der Waals surface area contributed by atoms with E-state index in [9.17, 15) is 4.79 Å². The van der Waals surface area contributed by atoms with Crippen molar-refractivity contribution in [2.45, 2.75) is 27.2 Å². The van der Waals surface area contributed by atoms with Gasteiger partial charge in [0.15, 0.2) is 0 Å². The number of hydrogen-bond acceptors (Lipinski definition) is 3. The lowest BCUT2D eigenvalue weighted by atomic mass is 10.1. The molecule has 18 heavy (non-hydrogen) atoms. The van der Waals surface area contributed by atoms with Crippen molar-refractivity contribution in [3.63, 3.8) is 0 Å². The molecule has 0 saturated carbocycles. The summed E-state index contributed by atoms with van der Waals surface area (Å²) in [4.78, 5) is 12.2. The minimum absolute atomic E-state index is 0.167. The van der Waals surface area contributed by atoms with Gasteiger partial charge >= 0.3 is 0 Å². The number of aryl methyl sites for hydroxylation is 3. The van der Waals surface area contributed by atoms with Gasteiger partial charge in [0.25, 0.3) is 5.91 Å². The first-order chi connectivity index (χ1) is 8.63. The largest absolute Gasteiger partial charge is 0.360 e. The Morgan fingerprint density at radius 3 is 2.72 bits per heavy atom. The van der Waals surface area contributed by atoms with Gasteiger partial charge in [-0.05, 0) is 25.5 Å². The molecular weight excluding hydrogens is 228 g/mol. The summed E-state index contributed by atoms with van der Waals surface area (Å²) in [5, 5.41) is 6.73. The smallest absolute Gasteiger partial charge is 0.261 e. The van der Waals surface area contributed by atoms with Gasteiger partial charge in [0.2, 0.25) is 0 Å². The SMILES string of the molecule is CCc1onc(C)c1C(=O)Nc1ccccc1C. The van der Waals surface area contributed by atoms with Gasteiger partial charge in [0.05, 0.1) is 5.69 Å². The lowest BCUT2D eigenvalue weighted by Gasteiger charge is -2.07. The van der Waals surface area contributed by atoms with Gasteiger partial charge in [0.1, 0.15) is 11.3 Å². The Morgan fingerprint density at radius 2 is 2.06 bits per heavy atom. The van der Waals surface area contributed by atoms with Crippen LogP contribution in [0.2, 0.25) is 0 Å². The average Bonchev–Trinajstić information content (AvgIpc) is 2.73. The monoisotopic (exact) mass is 244 g/mol. The molecule has 0 bridgehead atoms. The maximum Gasteiger partial charge on any atom is 0.261 e. The van der Waals surface area contributed by atoms with Crippen molar-refractivity contribution in [1.29, 1.82) is 0 Å². The maximum absolute atomic E-state index is 12.2. The molecule has 0 aliphatic carbocycles. The molecule has 0 aliphatic heterocycles. The van der Waals surface area contributed by atoms with Crippen molar-refractivity contribution in [2.24, 2.45) is 0 Å². The number of rotatable bonds is 3. The quantitative estimate of drug-likeness (QED) is 0.902. The van der Waals surface area contributed by atoms with Crippen molar-refractivity contribution in [3.05, 3.63) is 46.8 Å². The van der Waals surface area contributed by atoms with Crippen LogP contribution >= 0.6 is 0 Å². The highest BCUT2D eigenvalue weighted by molar-refractivity contribution is 6.06. The minimum atomic E-state index is -0.167. The van der Waals surface area contributed by atoms with E-state index in [0.717, 1.165) is 11.3 Å². The van der Waals surface area contributed by atoms with E-state index in [4.69, 9.17) is 4.52 Å². The first-order valence-electron chi connectivity index (χ1n) is 5.95. The number of benzene rings is 1. The molecule has 4 nitrogen and oxygen atoms in total. The van der Waals surface area contributed by atoms with Gasteiger partial charge in [0, 0.05) is 12.1 Å². The number of nitrogens with zero attached hydrogens (tertiary/aromatic N) is 1. The van der Waals surface area contributed by atoms with Crippen molar-refractivity contribution in [2.75, 3.05) is 5.32 Å². The Hall–Kier alpha value is -2.10. The maximum atomic E-state index is 12.2. The van der Waals surface area contributed by atoms with E-state index in [1.54, 1.807) is 6.92 Å². The van der Waals surface area contributed by atoms with Gasteiger partial charge in [-0.15, -0.1) is 0 Å². The second-order valence-corrected chi connectivity index (χ2v) is 4.19. The Kier molecular flexibility index (Phi) is 3.46. The van der Waals surface area contributed by atoms with Crippen LogP contribution in [0.5, 0.6) is 0 Å². The number of anilines is 1. The van der Waals surface area contributed by atoms with Crippen LogP contribution in [0, 0.1) is 13.8 Å². The molecule has 2 rings (SSSR count). The van der Waals surface area contributed by atoms with E-state index < -0.39 is 0 Å². The highest BCUT2D eigenvalue weighted by Crippen LogP contribution is 2.18. The van der Waals surface area contributed by atoms with Crippen molar-refractivity contribution >= 4 is 11.6 Å². The van der Waals surface area contributed by atoms with Crippen LogP contribution in [0.25, 0.3) is 0 Å². The second-order valence-electron chi connectivity index (χ2n) is 4.19. The molecule has 0 unspecified atom stereocenters. The third-order valence-electron chi connectivity index (χ3n) is 2.87. The summed E-state index contributed by atoms with van der Waals surface area (Å²) in [5.41, 5.74) is 3.00. The summed E-state index contributed by atoms with van der Waals surface area (Å²) in [6, 6.07) is 7.66. The molecule has 1 aromatic carbocycles. The Balaban J connectivity index is 2.28. The van der Waals surface area contributed by atoms with Gasteiger partial charge in [-0.3, -0.25) is 4.79 Å². The molecule has 1 amide bonds. The van der Waals surface area contributed by atoms with Gasteiger partial charge < -0.3 is 9.84 Å². The van der Waals surface area contributed by atoms with Crippen LogP contribution in [0.3, 0.4) is 0 Å². The van der Waals surface area contributed by atoms with Crippen molar-refractivity contribution in [3.8, 4) is 0 Å². The normalized spacial score (nSPS) is 10.4. The molecule has 0 aliphatic rings. The molecule has 1 aromatic heterocycles. The van der Waals surface area contributed by atoms with Crippen LogP contribution in [0.4, 0.5) is 5.69 Å². The van der Waals surface area contributed by atoms with Crippen LogP contribution in [0.1, 0.15) is 34.3 Å². The second kappa shape index (κ2) is 5.04. The molecule has 0 atom stereocenters. The molecule has 4 heteroatoms. The van der Waals surface area contributed by atoms with E-state index in [-0.39, 0.29) is 5.91 Å². The van der Waals surface area contributed by atoms with Crippen LogP contribution in [-0.4, -0.2) is 11.1 Å². The number of para-hydroxylation sites is 1. The molecule has 0 fully saturated rings. The molecule has 94 valence electrons. The van der Waals surface area contributed by atoms with Crippen molar-refractivity contribution in [1.82, 2.24) is 5.16 Å². The molecule has 1 N–H and O–H groups in total. The highest BCUT2D eigenvalue weighted by atomic mass is 16.5. The minimum Gasteiger partial charge on any atom is -0.360 e. The van der Waals surface area contributed by atoms with Gasteiger partial charge in [-0.1, -0.05) is 30.3 Å². The molecule has 2 aromatic rings. The first-order valence-corrected chi connectivity index (χ1v) is 5.95. The summed E-state index contributed by atoms with van der Waals surface area (Å²) >= 11 is 0. The molecule has 1 heterocycles. The van der Waals surface area contributed by atoms with Crippen LogP contribution < -0.4 is 5.32 Å². The zero-order chi connectivity index (χ0) is 13.1. The first kappa shape index (κ1) is 12.4. The number of nitrogens with one attached hydrogen (secondary N) is 1. The highest BCUT2D eigenvalue weighted by Gasteiger charge is 2.19. The topological polar surface area (TPSA) is 55.1 Å². The summed E-state index contributed by atoms with van der Waals surface area (Å²) in [6.45, 7) is 5.66. The fourth-order valence-corrected chi connectivity index (χ4v) is 1.85. The number of carbonyl (C=O) groups excluding carboxylic acids is 1. The third kappa shape index (κ3) is 2.27. The summed E-state index contributed by atoms with van der Waals surface area (Å²) in [7, 11) is 0. The van der Waals surface area contributed by atoms with Gasteiger partial charge in [-0.25, -0.2) is 0 Å². The lowest BCUT2D eigenvalue weighted by Crippen LogP contribution is -2.14. The number of aromatic nitrogens is 1. The molecule has 0 saturated heterocycles. The van der Waals surface area contributed by atoms with E-state index >= 15 is 0 Å². The zero-order valence-corrected chi connectivity index (χ0v) is 10.8. The summed E-state index contributed by atoms with van der Waals surface area (Å²) in [6.07, 6.45) is 0.650. The predicted octanol–water partition coefficient (Wildman–Crippen LogP) is 3.11. The summed E-state index contributed by atoms with van der Waals surface area (Å²) < 4.78 is 5.12. The van der Waals surface area contributed by atoms with Gasteiger partial charge in [-0.2, -0.15) is 0 Å². The molecule has 0 spiro atoms. The van der Waals surface area contributed by atoms with Crippen LogP contribution in [-0.2, 0) is 6.42 Å². The molecule has 0 radical (unpaired) electrons. The van der Waals surface area contributed by atoms with E-state index in [1.165, 1.54) is 0 Å². The summed E-state index contributed by atoms with van der Waals surface area (Å²) in [5.74, 6) is 0.457.